The molecule has 0 aromatic heterocycles. The zero-order chi connectivity index (χ0) is 22.1. The minimum atomic E-state index is -0.382. The van der Waals surface area contributed by atoms with Crippen LogP contribution in [0.25, 0.3) is 0 Å². The van der Waals surface area contributed by atoms with Crippen molar-refractivity contribution in [1.29, 1.82) is 0 Å². The number of hydrogen-bond acceptors (Lipinski definition) is 7. The lowest BCUT2D eigenvalue weighted by Gasteiger charge is -2.16. The number of methoxy groups -OCH3 is 2. The molecule has 1 aromatic rings. The van der Waals surface area contributed by atoms with Crippen LogP contribution < -0.4 is 9.47 Å². The number of carbonyl (C=O) groups is 2. The van der Waals surface area contributed by atoms with E-state index in [1.54, 1.807) is 27.0 Å². The van der Waals surface area contributed by atoms with E-state index in [1.807, 2.05) is 13.0 Å². The summed E-state index contributed by atoms with van der Waals surface area (Å²) in [5.41, 5.74) is 3.79. The summed E-state index contributed by atoms with van der Waals surface area (Å²) in [4.78, 5) is 23.6. The predicted octanol–water partition coefficient (Wildman–Crippen LogP) is 4.13. The van der Waals surface area contributed by atoms with Crippen molar-refractivity contribution in [3.05, 3.63) is 46.1 Å². The van der Waals surface area contributed by atoms with Crippen LogP contribution in [0.1, 0.15) is 55.1 Å². The molecule has 1 aliphatic rings. The van der Waals surface area contributed by atoms with E-state index in [9.17, 15) is 9.59 Å². The summed E-state index contributed by atoms with van der Waals surface area (Å²) in [6.07, 6.45) is 6.09. The van der Waals surface area contributed by atoms with Crippen LogP contribution in [-0.2, 0) is 32.0 Å². The summed E-state index contributed by atoms with van der Waals surface area (Å²) in [7, 11) is 3.10. The number of esters is 2. The molecule has 0 atom stereocenters. The minimum absolute atomic E-state index is 0.0570. The van der Waals surface area contributed by atoms with Crippen LogP contribution in [0.4, 0.5) is 0 Å². The van der Waals surface area contributed by atoms with E-state index >= 15 is 0 Å². The highest BCUT2D eigenvalue weighted by atomic mass is 16.7. The first-order valence-corrected chi connectivity index (χ1v) is 9.93. The standard InChI is InChI=1S/C23H30O7/c1-6-28-22(24)16(3)9-7-8-15(2)10-11-17-20(27-5)12-18-19(13-29-23(18)25)21(17)30-14-26-4/h9-10,12H,6-8,11,13-14H2,1-5H3/b15-10+,16-9+. The molecule has 0 saturated carbocycles. The lowest BCUT2D eigenvalue weighted by Crippen LogP contribution is -2.07. The maximum atomic E-state index is 12.0. The molecule has 0 spiro atoms. The second-order valence-electron chi connectivity index (χ2n) is 6.94. The average Bonchev–Trinajstić information content (AvgIpc) is 3.10. The van der Waals surface area contributed by atoms with Gasteiger partial charge in [-0.05, 0) is 46.1 Å². The average molecular weight is 418 g/mol. The monoisotopic (exact) mass is 418 g/mol. The Morgan fingerprint density at radius 1 is 1.23 bits per heavy atom. The molecule has 1 aromatic carbocycles. The van der Waals surface area contributed by atoms with Crippen molar-refractivity contribution < 1.29 is 33.3 Å². The maximum Gasteiger partial charge on any atom is 0.339 e. The third-order valence-corrected chi connectivity index (χ3v) is 4.80. The third-order valence-electron chi connectivity index (χ3n) is 4.80. The first-order chi connectivity index (χ1) is 14.4. The summed E-state index contributed by atoms with van der Waals surface area (Å²) in [5.74, 6) is 0.478. The second kappa shape index (κ2) is 11.4. The normalized spacial score (nSPS) is 13.7. The van der Waals surface area contributed by atoms with Crippen molar-refractivity contribution in [2.24, 2.45) is 0 Å². The molecule has 1 heterocycles. The van der Waals surface area contributed by atoms with Gasteiger partial charge in [0.25, 0.3) is 0 Å². The number of benzene rings is 1. The van der Waals surface area contributed by atoms with Crippen LogP contribution in [0.2, 0.25) is 0 Å². The van der Waals surface area contributed by atoms with E-state index in [0.29, 0.717) is 41.2 Å². The van der Waals surface area contributed by atoms with E-state index < -0.39 is 0 Å². The van der Waals surface area contributed by atoms with E-state index in [1.165, 1.54) is 7.11 Å². The van der Waals surface area contributed by atoms with Crippen LogP contribution >= 0.6 is 0 Å². The van der Waals surface area contributed by atoms with Gasteiger partial charge in [0, 0.05) is 23.8 Å². The van der Waals surface area contributed by atoms with Gasteiger partial charge < -0.3 is 23.7 Å². The molecule has 7 nitrogen and oxygen atoms in total. The molecule has 1 aliphatic heterocycles. The van der Waals surface area contributed by atoms with E-state index in [4.69, 9.17) is 23.7 Å². The Labute approximate surface area is 177 Å². The zero-order valence-corrected chi connectivity index (χ0v) is 18.3. The number of cyclic esters (lactones) is 1. The number of ether oxygens (including phenoxy) is 5. The summed E-state index contributed by atoms with van der Waals surface area (Å²) >= 11 is 0. The Kier molecular flexibility index (Phi) is 8.92. The molecule has 0 unspecified atom stereocenters. The van der Waals surface area contributed by atoms with Gasteiger partial charge in [0.1, 0.15) is 18.1 Å². The molecule has 7 heteroatoms. The highest BCUT2D eigenvalue weighted by Gasteiger charge is 2.29. The lowest BCUT2D eigenvalue weighted by atomic mass is 9.99. The van der Waals surface area contributed by atoms with Gasteiger partial charge in [-0.2, -0.15) is 0 Å². The summed E-state index contributed by atoms with van der Waals surface area (Å²) in [6.45, 7) is 6.19. The molecule has 0 N–H and O–H groups in total. The highest BCUT2D eigenvalue weighted by Crippen LogP contribution is 2.39. The summed E-state index contributed by atoms with van der Waals surface area (Å²) in [6, 6.07) is 1.70. The maximum absolute atomic E-state index is 12.0. The van der Waals surface area contributed by atoms with E-state index in [0.717, 1.165) is 24.0 Å². The number of fused-ring (bicyclic) bond motifs is 1. The Morgan fingerprint density at radius 3 is 2.67 bits per heavy atom. The molecule has 0 fully saturated rings. The number of hydrogen-bond donors (Lipinski definition) is 0. The van der Waals surface area contributed by atoms with Gasteiger partial charge in [-0.25, -0.2) is 9.59 Å². The summed E-state index contributed by atoms with van der Waals surface area (Å²) < 4.78 is 26.5. The molecule has 2 rings (SSSR count). The summed E-state index contributed by atoms with van der Waals surface area (Å²) in [5, 5.41) is 0. The Hall–Kier alpha value is -2.80. The molecular formula is C23H30O7. The molecule has 0 radical (unpaired) electrons. The van der Waals surface area contributed by atoms with Crippen LogP contribution in [-0.4, -0.2) is 39.6 Å². The number of carbonyl (C=O) groups excluding carboxylic acids is 2. The molecule has 0 bridgehead atoms. The smallest absolute Gasteiger partial charge is 0.339 e. The molecular weight excluding hydrogens is 388 g/mol. The first kappa shape index (κ1) is 23.5. The third kappa shape index (κ3) is 5.86. The van der Waals surface area contributed by atoms with Crippen LogP contribution in [0.15, 0.2) is 29.4 Å². The van der Waals surface area contributed by atoms with Gasteiger partial charge >= 0.3 is 11.9 Å². The van der Waals surface area contributed by atoms with Crippen molar-refractivity contribution in [1.82, 2.24) is 0 Å². The van der Waals surface area contributed by atoms with Gasteiger partial charge in [0.15, 0.2) is 6.79 Å². The van der Waals surface area contributed by atoms with Gasteiger partial charge in [-0.15, -0.1) is 0 Å². The van der Waals surface area contributed by atoms with Gasteiger partial charge in [-0.3, -0.25) is 0 Å². The number of rotatable bonds is 11. The minimum Gasteiger partial charge on any atom is -0.496 e. The van der Waals surface area contributed by atoms with E-state index in [2.05, 4.69) is 6.08 Å². The fourth-order valence-electron chi connectivity index (χ4n) is 3.15. The predicted molar refractivity (Wildman–Crippen MR) is 112 cm³/mol. The van der Waals surface area contributed by atoms with Crippen LogP contribution in [0.5, 0.6) is 11.5 Å². The Morgan fingerprint density at radius 2 is 2.00 bits per heavy atom. The van der Waals surface area contributed by atoms with Crippen molar-refractivity contribution >= 4 is 11.9 Å². The largest absolute Gasteiger partial charge is 0.496 e. The molecule has 164 valence electrons. The molecule has 0 aliphatic carbocycles. The molecule has 0 amide bonds. The van der Waals surface area contributed by atoms with Crippen molar-refractivity contribution in [2.75, 3.05) is 27.6 Å². The zero-order valence-electron chi connectivity index (χ0n) is 18.3. The number of allylic oxidation sites excluding steroid dienone is 3. The van der Waals surface area contributed by atoms with Gasteiger partial charge in [0.2, 0.25) is 0 Å². The fourth-order valence-corrected chi connectivity index (χ4v) is 3.15. The molecule has 30 heavy (non-hydrogen) atoms. The topological polar surface area (TPSA) is 80.3 Å². The quantitative estimate of drug-likeness (QED) is 0.231. The van der Waals surface area contributed by atoms with Crippen molar-refractivity contribution in [3.63, 3.8) is 0 Å². The first-order valence-electron chi connectivity index (χ1n) is 9.93. The second-order valence-corrected chi connectivity index (χ2v) is 6.94. The lowest BCUT2D eigenvalue weighted by molar-refractivity contribution is -0.138. The van der Waals surface area contributed by atoms with Crippen molar-refractivity contribution in [2.45, 2.75) is 46.6 Å². The Balaban J connectivity index is 2.17. The highest BCUT2D eigenvalue weighted by molar-refractivity contribution is 5.95. The van der Waals surface area contributed by atoms with E-state index in [-0.39, 0.29) is 25.3 Å². The van der Waals surface area contributed by atoms with Crippen LogP contribution in [0, 0.1) is 0 Å². The Bertz CT molecular complexity index is 836. The molecule has 0 saturated heterocycles. The van der Waals surface area contributed by atoms with Gasteiger partial charge in [0.05, 0.1) is 19.3 Å². The van der Waals surface area contributed by atoms with Crippen molar-refractivity contribution in [3.8, 4) is 11.5 Å². The fraction of sp³-hybridized carbons (Fsp3) is 0.478. The van der Waals surface area contributed by atoms with Crippen LogP contribution in [0.3, 0.4) is 0 Å². The SMILES string of the molecule is CCOC(=O)/C(C)=C/CC/C(C)=C/Cc1c(OC)cc2c(c1OCOC)COC2=O. The van der Waals surface area contributed by atoms with Gasteiger partial charge in [-0.1, -0.05) is 17.7 Å².